The highest BCUT2D eigenvalue weighted by Gasteiger charge is 2.42. The number of hydrogen-bond acceptors (Lipinski definition) is 4. The molecule has 4 heteroatoms. The largest absolute Gasteiger partial charge is 0.466 e. The van der Waals surface area contributed by atoms with E-state index in [1.807, 2.05) is 6.92 Å². The van der Waals surface area contributed by atoms with Gasteiger partial charge in [-0.1, -0.05) is 13.8 Å². The molecule has 0 bridgehead atoms. The summed E-state index contributed by atoms with van der Waals surface area (Å²) in [6.45, 7) is 10.4. The van der Waals surface area contributed by atoms with Gasteiger partial charge in [-0.05, 0) is 26.7 Å². The first kappa shape index (κ1) is 14.5. The zero-order chi connectivity index (χ0) is 13.1. The van der Waals surface area contributed by atoms with E-state index in [0.717, 1.165) is 25.9 Å². The lowest BCUT2D eigenvalue weighted by Crippen LogP contribution is -2.45. The van der Waals surface area contributed by atoms with E-state index >= 15 is 0 Å². The average Bonchev–Trinajstić information content (AvgIpc) is 2.71. The van der Waals surface area contributed by atoms with E-state index < -0.39 is 0 Å². The minimum Gasteiger partial charge on any atom is -0.466 e. The third kappa shape index (κ3) is 2.99. The van der Waals surface area contributed by atoms with Crippen LogP contribution in [0.1, 0.15) is 40.5 Å². The maximum atomic E-state index is 11.8. The lowest BCUT2D eigenvalue weighted by Gasteiger charge is -2.37. The fourth-order valence-corrected chi connectivity index (χ4v) is 2.47. The normalized spacial score (nSPS) is 26.2. The van der Waals surface area contributed by atoms with Crippen LogP contribution in [0.4, 0.5) is 0 Å². The Morgan fingerprint density at radius 1 is 1.35 bits per heavy atom. The Morgan fingerprint density at radius 3 is 2.41 bits per heavy atom. The minimum absolute atomic E-state index is 0.0912. The van der Waals surface area contributed by atoms with Crippen LogP contribution in [0.25, 0.3) is 0 Å². The Hall–Kier alpha value is -0.610. The molecule has 1 rings (SSSR count). The Bertz CT molecular complexity index is 264. The molecule has 4 nitrogen and oxygen atoms in total. The molecule has 1 unspecified atom stereocenters. The van der Waals surface area contributed by atoms with Crippen LogP contribution in [-0.2, 0) is 9.53 Å². The van der Waals surface area contributed by atoms with Crippen LogP contribution in [0, 0.1) is 5.92 Å². The van der Waals surface area contributed by atoms with E-state index in [2.05, 4.69) is 25.7 Å². The third-order valence-corrected chi connectivity index (χ3v) is 4.24. The monoisotopic (exact) mass is 242 g/mol. The van der Waals surface area contributed by atoms with Crippen molar-refractivity contribution >= 4 is 5.97 Å². The van der Waals surface area contributed by atoms with Gasteiger partial charge in [0.25, 0.3) is 0 Å². The molecule has 0 aromatic heterocycles. The van der Waals surface area contributed by atoms with Gasteiger partial charge in [-0.2, -0.15) is 0 Å². The van der Waals surface area contributed by atoms with Crippen molar-refractivity contribution in [3.63, 3.8) is 0 Å². The van der Waals surface area contributed by atoms with Crippen LogP contribution < -0.4 is 5.73 Å². The highest BCUT2D eigenvalue weighted by molar-refractivity contribution is 5.74. The summed E-state index contributed by atoms with van der Waals surface area (Å²) in [5.41, 5.74) is 6.22. The summed E-state index contributed by atoms with van der Waals surface area (Å²) in [6, 6.07) is -0.0912. The quantitative estimate of drug-likeness (QED) is 0.740. The smallest absolute Gasteiger partial charge is 0.311 e. The Morgan fingerprint density at radius 2 is 1.94 bits per heavy atom. The summed E-state index contributed by atoms with van der Waals surface area (Å²) >= 11 is 0. The second-order valence-electron chi connectivity index (χ2n) is 5.13. The number of nitrogens with zero attached hydrogens (tertiary/aromatic N) is 1. The van der Waals surface area contributed by atoms with E-state index in [9.17, 15) is 4.79 Å². The fraction of sp³-hybridized carbons (Fsp3) is 0.923. The standard InChI is InChI=1S/C13H26N2O2/c1-5-13(4,6-2)15-8-10(11(14)9-15)12(16)17-7-3/h10-11H,5-9,14H2,1-4H3/t10-,11?/m1/s1. The lowest BCUT2D eigenvalue weighted by atomic mass is 9.93. The summed E-state index contributed by atoms with van der Waals surface area (Å²) in [4.78, 5) is 14.1. The fourth-order valence-electron chi connectivity index (χ4n) is 2.47. The van der Waals surface area contributed by atoms with Gasteiger partial charge in [0.15, 0.2) is 0 Å². The van der Waals surface area contributed by atoms with Crippen molar-refractivity contribution in [2.24, 2.45) is 11.7 Å². The molecule has 1 fully saturated rings. The predicted molar refractivity (Wildman–Crippen MR) is 68.7 cm³/mol. The molecule has 1 heterocycles. The SMILES string of the molecule is CCOC(=O)[C@@H]1CN(C(C)(CC)CC)CC1N. The van der Waals surface area contributed by atoms with Crippen molar-refractivity contribution in [2.45, 2.75) is 52.1 Å². The number of likely N-dealkylation sites (tertiary alicyclic amines) is 1. The summed E-state index contributed by atoms with van der Waals surface area (Å²) in [5, 5.41) is 0. The van der Waals surface area contributed by atoms with Crippen LogP contribution in [0.15, 0.2) is 0 Å². The zero-order valence-corrected chi connectivity index (χ0v) is 11.5. The molecule has 0 aromatic rings. The Kier molecular flexibility index (Phi) is 4.95. The van der Waals surface area contributed by atoms with Gasteiger partial charge in [0, 0.05) is 24.7 Å². The molecule has 0 aromatic carbocycles. The van der Waals surface area contributed by atoms with Crippen LogP contribution in [0.2, 0.25) is 0 Å². The molecule has 17 heavy (non-hydrogen) atoms. The Labute approximate surface area is 104 Å². The predicted octanol–water partition coefficient (Wildman–Crippen LogP) is 1.39. The van der Waals surface area contributed by atoms with Crippen molar-refractivity contribution in [3.05, 3.63) is 0 Å². The van der Waals surface area contributed by atoms with Gasteiger partial charge in [-0.15, -0.1) is 0 Å². The number of ether oxygens (including phenoxy) is 1. The molecule has 0 saturated carbocycles. The van der Waals surface area contributed by atoms with Crippen molar-refractivity contribution in [1.82, 2.24) is 4.90 Å². The molecule has 2 N–H and O–H groups in total. The molecule has 0 aliphatic carbocycles. The molecule has 0 amide bonds. The topological polar surface area (TPSA) is 55.6 Å². The molecule has 100 valence electrons. The maximum absolute atomic E-state index is 11.8. The number of rotatable bonds is 5. The molecule has 1 aliphatic rings. The minimum atomic E-state index is -0.160. The van der Waals surface area contributed by atoms with E-state index in [1.165, 1.54) is 0 Å². The molecular weight excluding hydrogens is 216 g/mol. The Balaban J connectivity index is 2.69. The van der Waals surface area contributed by atoms with Crippen molar-refractivity contribution < 1.29 is 9.53 Å². The van der Waals surface area contributed by atoms with Crippen LogP contribution >= 0.6 is 0 Å². The van der Waals surface area contributed by atoms with Crippen LogP contribution in [0.3, 0.4) is 0 Å². The van der Waals surface area contributed by atoms with E-state index in [1.54, 1.807) is 0 Å². The third-order valence-electron chi connectivity index (χ3n) is 4.24. The summed E-state index contributed by atoms with van der Waals surface area (Å²) in [5.74, 6) is -0.301. The van der Waals surface area contributed by atoms with Crippen molar-refractivity contribution in [2.75, 3.05) is 19.7 Å². The molecule has 0 spiro atoms. The molecule has 1 aliphatic heterocycles. The number of nitrogens with two attached hydrogens (primary N) is 1. The van der Waals surface area contributed by atoms with Gasteiger partial charge < -0.3 is 10.5 Å². The van der Waals surface area contributed by atoms with E-state index in [0.29, 0.717) is 6.61 Å². The highest BCUT2D eigenvalue weighted by atomic mass is 16.5. The van der Waals surface area contributed by atoms with E-state index in [4.69, 9.17) is 10.5 Å². The molecule has 1 saturated heterocycles. The summed E-state index contributed by atoms with van der Waals surface area (Å²) in [7, 11) is 0. The van der Waals surface area contributed by atoms with Crippen molar-refractivity contribution in [3.8, 4) is 0 Å². The number of carbonyl (C=O) groups is 1. The number of hydrogen-bond donors (Lipinski definition) is 1. The summed E-state index contributed by atoms with van der Waals surface area (Å²) < 4.78 is 5.08. The lowest BCUT2D eigenvalue weighted by molar-refractivity contribution is -0.148. The second-order valence-corrected chi connectivity index (χ2v) is 5.13. The average molecular weight is 242 g/mol. The van der Waals surface area contributed by atoms with Gasteiger partial charge in [-0.25, -0.2) is 0 Å². The molecule has 2 atom stereocenters. The highest BCUT2D eigenvalue weighted by Crippen LogP contribution is 2.29. The zero-order valence-electron chi connectivity index (χ0n) is 11.5. The molecular formula is C13H26N2O2. The van der Waals surface area contributed by atoms with Gasteiger partial charge in [-0.3, -0.25) is 9.69 Å². The van der Waals surface area contributed by atoms with Gasteiger partial charge in [0.1, 0.15) is 0 Å². The number of esters is 1. The summed E-state index contributed by atoms with van der Waals surface area (Å²) in [6.07, 6.45) is 2.15. The van der Waals surface area contributed by atoms with Crippen LogP contribution in [-0.4, -0.2) is 42.1 Å². The van der Waals surface area contributed by atoms with Gasteiger partial charge >= 0.3 is 5.97 Å². The molecule has 0 radical (unpaired) electrons. The maximum Gasteiger partial charge on any atom is 0.311 e. The first-order chi connectivity index (χ1) is 7.98. The second kappa shape index (κ2) is 5.83. The first-order valence-electron chi connectivity index (χ1n) is 6.65. The first-order valence-corrected chi connectivity index (χ1v) is 6.65. The van der Waals surface area contributed by atoms with Gasteiger partial charge in [0.05, 0.1) is 12.5 Å². The van der Waals surface area contributed by atoms with E-state index in [-0.39, 0.29) is 23.5 Å². The number of carbonyl (C=O) groups excluding carboxylic acids is 1. The van der Waals surface area contributed by atoms with Crippen LogP contribution in [0.5, 0.6) is 0 Å². The van der Waals surface area contributed by atoms with Crippen molar-refractivity contribution in [1.29, 1.82) is 0 Å². The van der Waals surface area contributed by atoms with Gasteiger partial charge in [0.2, 0.25) is 0 Å².